The molecule has 34 heavy (non-hydrogen) atoms. The van der Waals surface area contributed by atoms with Crippen LogP contribution in [-0.2, 0) is 17.7 Å². The Balaban J connectivity index is 1.67. The molecule has 2 aromatic heterocycles. The number of nitrogens with one attached hydrogen (secondary N) is 2. The molecule has 0 radical (unpaired) electrons. The number of unbranched alkanes of at least 4 members (excludes halogenated alkanes) is 1. The molecule has 7 nitrogen and oxygen atoms in total. The molecular weight excluding hydrogens is 446 g/mol. The van der Waals surface area contributed by atoms with Crippen molar-refractivity contribution in [2.45, 2.75) is 44.0 Å². The van der Waals surface area contributed by atoms with Gasteiger partial charge >= 0.3 is 5.97 Å². The third-order valence-electron chi connectivity index (χ3n) is 5.76. The van der Waals surface area contributed by atoms with E-state index < -0.39 is 0 Å². The maximum absolute atomic E-state index is 12.1. The van der Waals surface area contributed by atoms with Crippen molar-refractivity contribution in [3.05, 3.63) is 59.9 Å². The maximum Gasteiger partial charge on any atom is 0.337 e. The maximum atomic E-state index is 12.1. The summed E-state index contributed by atoms with van der Waals surface area (Å²) in [4.78, 5) is 23.1. The molecule has 4 aromatic rings. The normalized spacial score (nSPS) is 11.3. The lowest BCUT2D eigenvalue weighted by Crippen LogP contribution is -2.11. The van der Waals surface area contributed by atoms with E-state index in [-0.39, 0.29) is 5.97 Å². The predicted molar refractivity (Wildman–Crippen MR) is 139 cm³/mol. The highest BCUT2D eigenvalue weighted by Crippen LogP contribution is 2.31. The Morgan fingerprint density at radius 1 is 1.12 bits per heavy atom. The zero-order valence-corrected chi connectivity index (χ0v) is 20.7. The summed E-state index contributed by atoms with van der Waals surface area (Å²) in [6.45, 7) is 3.92. The van der Waals surface area contributed by atoms with E-state index in [0.29, 0.717) is 5.56 Å². The van der Waals surface area contributed by atoms with Gasteiger partial charge < -0.3 is 14.6 Å². The molecule has 0 spiro atoms. The number of hydrogen-bond donors (Lipinski definition) is 2. The molecule has 0 amide bonds. The Hall–Kier alpha value is -3.10. The van der Waals surface area contributed by atoms with Crippen molar-refractivity contribution in [3.8, 4) is 0 Å². The number of anilines is 1. The first kappa shape index (κ1) is 24.0. The van der Waals surface area contributed by atoms with Crippen molar-refractivity contribution in [2.24, 2.45) is 0 Å². The lowest BCUT2D eigenvalue weighted by molar-refractivity contribution is 0.0601. The molecule has 0 saturated heterocycles. The van der Waals surface area contributed by atoms with Crippen molar-refractivity contribution >= 4 is 45.7 Å². The van der Waals surface area contributed by atoms with Crippen LogP contribution in [0.2, 0.25) is 0 Å². The van der Waals surface area contributed by atoms with Gasteiger partial charge in [0.05, 0.1) is 23.7 Å². The van der Waals surface area contributed by atoms with Gasteiger partial charge in [-0.2, -0.15) is 0 Å². The monoisotopic (exact) mass is 477 g/mol. The van der Waals surface area contributed by atoms with Crippen LogP contribution in [0.1, 0.15) is 42.4 Å². The van der Waals surface area contributed by atoms with Crippen LogP contribution in [0, 0.1) is 0 Å². The zero-order chi connectivity index (χ0) is 23.9. The largest absolute Gasteiger partial charge is 0.465 e. The molecule has 2 N–H and O–H groups in total. The summed E-state index contributed by atoms with van der Waals surface area (Å²) in [5.41, 5.74) is 3.18. The van der Waals surface area contributed by atoms with E-state index in [1.54, 1.807) is 24.1 Å². The molecule has 0 aliphatic rings. The van der Waals surface area contributed by atoms with Crippen LogP contribution in [0.25, 0.3) is 21.9 Å². The number of carbonyl (C=O) groups is 1. The molecule has 0 unspecified atom stereocenters. The average molecular weight is 478 g/mol. The second kappa shape index (κ2) is 11.4. The number of carbonyl (C=O) groups excluding carboxylic acids is 1. The Morgan fingerprint density at radius 3 is 2.68 bits per heavy atom. The number of pyridine rings is 1. The fourth-order valence-electron chi connectivity index (χ4n) is 4.05. The van der Waals surface area contributed by atoms with Crippen LogP contribution in [0.3, 0.4) is 0 Å². The average Bonchev–Trinajstić information content (AvgIpc) is 3.24. The van der Waals surface area contributed by atoms with E-state index in [1.165, 1.54) is 12.0 Å². The van der Waals surface area contributed by atoms with Gasteiger partial charge in [-0.3, -0.25) is 4.72 Å². The van der Waals surface area contributed by atoms with E-state index >= 15 is 0 Å². The zero-order valence-electron chi connectivity index (χ0n) is 19.9. The van der Waals surface area contributed by atoms with Crippen LogP contribution in [0.4, 0.5) is 5.82 Å². The molecule has 2 heterocycles. The summed E-state index contributed by atoms with van der Waals surface area (Å²) in [5, 5.41) is 4.19. The number of nitrogens with zero attached hydrogens (tertiary/aromatic N) is 3. The Labute approximate surface area is 204 Å². The SMILES string of the molecule is CCCCc1nc2c(NC)nc3cc(C(=O)OC)ccc3c2n1CCCNSc1ccccc1. The molecule has 8 heteroatoms. The summed E-state index contributed by atoms with van der Waals surface area (Å²) >= 11 is 1.66. The molecule has 2 aromatic carbocycles. The van der Waals surface area contributed by atoms with E-state index in [1.807, 2.05) is 31.3 Å². The van der Waals surface area contributed by atoms with Crippen molar-refractivity contribution in [3.63, 3.8) is 0 Å². The van der Waals surface area contributed by atoms with Crippen LogP contribution in [-0.4, -0.2) is 41.2 Å². The first-order valence-electron chi connectivity index (χ1n) is 11.7. The number of aryl methyl sites for hydroxylation is 2. The highest BCUT2D eigenvalue weighted by molar-refractivity contribution is 7.97. The number of methoxy groups -OCH3 is 1. The fraction of sp³-hybridized carbons (Fsp3) is 0.346. The Bertz CT molecular complexity index is 1270. The molecule has 0 saturated carbocycles. The molecule has 0 aliphatic carbocycles. The van der Waals surface area contributed by atoms with Crippen LogP contribution in [0.15, 0.2) is 53.4 Å². The molecular formula is C26H31N5O2S. The van der Waals surface area contributed by atoms with E-state index in [9.17, 15) is 4.79 Å². The number of ether oxygens (including phenoxy) is 1. The van der Waals surface area contributed by atoms with E-state index in [4.69, 9.17) is 14.7 Å². The summed E-state index contributed by atoms with van der Waals surface area (Å²) in [5.74, 6) is 1.43. The molecule has 178 valence electrons. The molecule has 0 aliphatic heterocycles. The van der Waals surface area contributed by atoms with Crippen LogP contribution >= 0.6 is 11.9 Å². The highest BCUT2D eigenvalue weighted by atomic mass is 32.2. The van der Waals surface area contributed by atoms with Gasteiger partial charge in [0.2, 0.25) is 0 Å². The second-order valence-corrected chi connectivity index (χ2v) is 9.04. The quantitative estimate of drug-likeness (QED) is 0.169. The van der Waals surface area contributed by atoms with Gasteiger partial charge in [0, 0.05) is 36.8 Å². The third-order valence-corrected chi connectivity index (χ3v) is 6.62. The van der Waals surface area contributed by atoms with Gasteiger partial charge in [-0.25, -0.2) is 14.8 Å². The smallest absolute Gasteiger partial charge is 0.337 e. The van der Waals surface area contributed by atoms with E-state index in [2.05, 4.69) is 33.7 Å². The first-order chi connectivity index (χ1) is 16.7. The minimum Gasteiger partial charge on any atom is -0.465 e. The van der Waals surface area contributed by atoms with E-state index in [0.717, 1.165) is 72.4 Å². The second-order valence-electron chi connectivity index (χ2n) is 8.08. The summed E-state index contributed by atoms with van der Waals surface area (Å²) in [7, 11) is 3.24. The fourth-order valence-corrected chi connectivity index (χ4v) is 4.76. The van der Waals surface area contributed by atoms with Gasteiger partial charge in [-0.15, -0.1) is 0 Å². The van der Waals surface area contributed by atoms with Crippen molar-refractivity contribution in [1.82, 2.24) is 19.3 Å². The summed E-state index contributed by atoms with van der Waals surface area (Å²) in [6, 6.07) is 15.9. The number of esters is 1. The van der Waals surface area contributed by atoms with Crippen molar-refractivity contribution in [1.29, 1.82) is 0 Å². The lowest BCUT2D eigenvalue weighted by Gasteiger charge is -2.12. The first-order valence-corrected chi connectivity index (χ1v) is 12.5. The van der Waals surface area contributed by atoms with Crippen molar-refractivity contribution < 1.29 is 9.53 Å². The van der Waals surface area contributed by atoms with Crippen molar-refractivity contribution in [2.75, 3.05) is 26.0 Å². The standard InChI is InChI=1S/C26H31N5O2S/c1-4-5-12-22-30-23-24(31(22)16-9-15-28-34-19-10-7-6-8-11-19)20-14-13-18(26(32)33-3)17-21(20)29-25(23)27-2/h6-8,10-11,13-14,17,28H,4-5,9,12,15-16H2,1-3H3,(H,27,29). The number of imidazole rings is 1. The number of aromatic nitrogens is 3. The number of rotatable bonds is 11. The van der Waals surface area contributed by atoms with Gasteiger partial charge in [0.25, 0.3) is 0 Å². The van der Waals surface area contributed by atoms with Gasteiger partial charge in [-0.1, -0.05) is 31.5 Å². The molecule has 0 fully saturated rings. The molecule has 0 atom stereocenters. The summed E-state index contributed by atoms with van der Waals surface area (Å²) < 4.78 is 10.7. The number of hydrogen-bond acceptors (Lipinski definition) is 7. The molecule has 0 bridgehead atoms. The minimum atomic E-state index is -0.367. The van der Waals surface area contributed by atoms with Gasteiger partial charge in [-0.05, 0) is 55.1 Å². The topological polar surface area (TPSA) is 81.1 Å². The van der Waals surface area contributed by atoms with Crippen LogP contribution in [0.5, 0.6) is 0 Å². The highest BCUT2D eigenvalue weighted by Gasteiger charge is 2.19. The summed E-state index contributed by atoms with van der Waals surface area (Å²) in [6.07, 6.45) is 4.07. The Kier molecular flexibility index (Phi) is 8.03. The lowest BCUT2D eigenvalue weighted by atomic mass is 10.1. The Morgan fingerprint density at radius 2 is 1.94 bits per heavy atom. The van der Waals surface area contributed by atoms with Gasteiger partial charge in [0.1, 0.15) is 11.3 Å². The predicted octanol–water partition coefficient (Wildman–Crippen LogP) is 5.44. The third kappa shape index (κ3) is 5.18. The number of benzene rings is 2. The molecule has 4 rings (SSSR count). The number of fused-ring (bicyclic) bond motifs is 3. The minimum absolute atomic E-state index is 0.367. The van der Waals surface area contributed by atoms with Gasteiger partial charge in [0.15, 0.2) is 5.82 Å². The van der Waals surface area contributed by atoms with Crippen LogP contribution < -0.4 is 10.0 Å².